The molecule has 1 spiro atoms. The highest BCUT2D eigenvalue weighted by Gasteiger charge is 2.50. The molecule has 2 fully saturated rings. The number of aromatic nitrogens is 1. The minimum absolute atomic E-state index is 0.00673. The van der Waals surface area contributed by atoms with Crippen molar-refractivity contribution < 1.29 is 9.59 Å². The fourth-order valence-electron chi connectivity index (χ4n) is 3.53. The highest BCUT2D eigenvalue weighted by Crippen LogP contribution is 2.39. The van der Waals surface area contributed by atoms with Gasteiger partial charge in [0.25, 0.3) is 5.91 Å². The number of aryl methyl sites for hydroxylation is 1. The SMILES string of the molecule is Cc1nc(C(=O)N2CCCC3(CCN3C(=O)C(C)C)C2)cs1. The molecule has 0 aromatic carbocycles. The molecule has 22 heavy (non-hydrogen) atoms. The highest BCUT2D eigenvalue weighted by atomic mass is 32.1. The van der Waals surface area contributed by atoms with Gasteiger partial charge in [-0.25, -0.2) is 4.98 Å². The molecule has 1 unspecified atom stereocenters. The van der Waals surface area contributed by atoms with Crippen LogP contribution < -0.4 is 0 Å². The maximum absolute atomic E-state index is 12.6. The van der Waals surface area contributed by atoms with Gasteiger partial charge in [-0.05, 0) is 26.2 Å². The number of amides is 2. The Kier molecular flexibility index (Phi) is 3.97. The van der Waals surface area contributed by atoms with Crippen LogP contribution in [-0.2, 0) is 4.79 Å². The van der Waals surface area contributed by atoms with Crippen LogP contribution in [0.4, 0.5) is 0 Å². The van der Waals surface area contributed by atoms with E-state index in [9.17, 15) is 9.59 Å². The van der Waals surface area contributed by atoms with Gasteiger partial charge in [0.2, 0.25) is 5.91 Å². The van der Waals surface area contributed by atoms with Crippen molar-refractivity contribution in [3.05, 3.63) is 16.1 Å². The summed E-state index contributed by atoms with van der Waals surface area (Å²) < 4.78 is 0. The Balaban J connectivity index is 1.74. The molecule has 2 aliphatic rings. The van der Waals surface area contributed by atoms with E-state index in [1.54, 1.807) is 0 Å². The second-order valence-electron chi connectivity index (χ2n) is 6.70. The second kappa shape index (κ2) is 5.65. The van der Waals surface area contributed by atoms with Crippen LogP contribution in [0, 0.1) is 12.8 Å². The molecule has 1 aromatic heterocycles. The predicted molar refractivity (Wildman–Crippen MR) is 85.9 cm³/mol. The maximum Gasteiger partial charge on any atom is 0.273 e. The molecule has 0 aliphatic carbocycles. The van der Waals surface area contributed by atoms with E-state index in [0.29, 0.717) is 12.2 Å². The molecule has 0 N–H and O–H groups in total. The van der Waals surface area contributed by atoms with Crippen LogP contribution in [0.25, 0.3) is 0 Å². The van der Waals surface area contributed by atoms with Gasteiger partial charge in [-0.2, -0.15) is 0 Å². The van der Waals surface area contributed by atoms with E-state index < -0.39 is 0 Å². The van der Waals surface area contributed by atoms with Crippen LogP contribution in [0.15, 0.2) is 5.38 Å². The maximum atomic E-state index is 12.6. The lowest BCUT2D eigenvalue weighted by Crippen LogP contribution is -2.69. The lowest BCUT2D eigenvalue weighted by Gasteiger charge is -2.57. The van der Waals surface area contributed by atoms with Crippen LogP contribution in [0.1, 0.15) is 48.6 Å². The molecule has 2 amide bonds. The van der Waals surface area contributed by atoms with E-state index in [2.05, 4.69) is 4.98 Å². The van der Waals surface area contributed by atoms with Gasteiger partial charge in [-0.15, -0.1) is 11.3 Å². The van der Waals surface area contributed by atoms with E-state index in [1.807, 2.05) is 36.0 Å². The Hall–Kier alpha value is -1.43. The first-order valence-electron chi connectivity index (χ1n) is 7.96. The molecule has 3 rings (SSSR count). The predicted octanol–water partition coefficient (Wildman–Crippen LogP) is 2.31. The first kappa shape index (κ1) is 15.5. The summed E-state index contributed by atoms with van der Waals surface area (Å²) in [4.78, 5) is 33.2. The van der Waals surface area contributed by atoms with Crippen LogP contribution in [0.3, 0.4) is 0 Å². The minimum Gasteiger partial charge on any atom is -0.335 e. The van der Waals surface area contributed by atoms with Crippen molar-refractivity contribution in [1.82, 2.24) is 14.8 Å². The van der Waals surface area contributed by atoms with Crippen LogP contribution in [-0.4, -0.2) is 51.8 Å². The van der Waals surface area contributed by atoms with Gasteiger partial charge in [0.15, 0.2) is 0 Å². The minimum atomic E-state index is -0.125. The Morgan fingerprint density at radius 3 is 2.64 bits per heavy atom. The lowest BCUT2D eigenvalue weighted by molar-refractivity contribution is -0.155. The Labute approximate surface area is 135 Å². The topological polar surface area (TPSA) is 53.5 Å². The van der Waals surface area contributed by atoms with E-state index in [0.717, 1.165) is 37.4 Å². The average Bonchev–Trinajstić information content (AvgIpc) is 2.92. The fourth-order valence-corrected chi connectivity index (χ4v) is 4.12. The number of nitrogens with zero attached hydrogens (tertiary/aromatic N) is 3. The van der Waals surface area contributed by atoms with Gasteiger partial charge in [0, 0.05) is 30.9 Å². The lowest BCUT2D eigenvalue weighted by atomic mass is 9.77. The molecular weight excluding hydrogens is 298 g/mol. The summed E-state index contributed by atoms with van der Waals surface area (Å²) in [5.74, 6) is 0.238. The number of hydrogen-bond acceptors (Lipinski definition) is 4. The van der Waals surface area contributed by atoms with Gasteiger partial charge in [-0.1, -0.05) is 13.8 Å². The molecule has 5 nitrogen and oxygen atoms in total. The molecule has 0 radical (unpaired) electrons. The fraction of sp³-hybridized carbons (Fsp3) is 0.688. The van der Waals surface area contributed by atoms with Crippen LogP contribution >= 0.6 is 11.3 Å². The van der Waals surface area contributed by atoms with Gasteiger partial charge in [0.05, 0.1) is 10.5 Å². The Morgan fingerprint density at radius 1 is 1.32 bits per heavy atom. The van der Waals surface area contributed by atoms with Crippen LogP contribution in [0.2, 0.25) is 0 Å². The van der Waals surface area contributed by atoms with E-state index in [4.69, 9.17) is 0 Å². The zero-order valence-corrected chi connectivity index (χ0v) is 14.3. The van der Waals surface area contributed by atoms with E-state index in [-0.39, 0.29) is 23.3 Å². The molecule has 6 heteroatoms. The van der Waals surface area contributed by atoms with Crippen LogP contribution in [0.5, 0.6) is 0 Å². The largest absolute Gasteiger partial charge is 0.335 e. The number of thiazole rings is 1. The zero-order chi connectivity index (χ0) is 15.9. The molecule has 0 bridgehead atoms. The molecule has 0 saturated carbocycles. The van der Waals surface area contributed by atoms with Crippen molar-refractivity contribution >= 4 is 23.2 Å². The molecule has 2 saturated heterocycles. The molecule has 1 aromatic rings. The Morgan fingerprint density at radius 2 is 2.09 bits per heavy atom. The molecule has 1 atom stereocenters. The van der Waals surface area contributed by atoms with Crippen molar-refractivity contribution in [2.75, 3.05) is 19.6 Å². The number of carbonyl (C=O) groups is 2. The van der Waals surface area contributed by atoms with E-state index in [1.165, 1.54) is 11.3 Å². The zero-order valence-electron chi connectivity index (χ0n) is 13.5. The van der Waals surface area contributed by atoms with Gasteiger partial charge >= 0.3 is 0 Å². The average molecular weight is 321 g/mol. The third-order valence-corrected chi connectivity index (χ3v) is 5.59. The number of piperidine rings is 1. The summed E-state index contributed by atoms with van der Waals surface area (Å²) in [5, 5.41) is 2.74. The first-order valence-corrected chi connectivity index (χ1v) is 8.84. The van der Waals surface area contributed by atoms with Crippen molar-refractivity contribution in [3.8, 4) is 0 Å². The summed E-state index contributed by atoms with van der Waals surface area (Å²) in [6.45, 7) is 8.04. The number of rotatable bonds is 2. The number of likely N-dealkylation sites (tertiary alicyclic amines) is 2. The summed E-state index contributed by atoms with van der Waals surface area (Å²) in [7, 11) is 0. The van der Waals surface area contributed by atoms with Crippen molar-refractivity contribution in [1.29, 1.82) is 0 Å². The van der Waals surface area contributed by atoms with Crippen molar-refractivity contribution in [2.24, 2.45) is 5.92 Å². The molecule has 120 valence electrons. The third-order valence-electron chi connectivity index (χ3n) is 4.81. The summed E-state index contributed by atoms with van der Waals surface area (Å²) in [6.07, 6.45) is 2.97. The Bertz CT molecular complexity index is 598. The standard InChI is InChI=1S/C16H23N3O2S/c1-11(2)14(20)19-8-6-16(19)5-4-7-18(10-16)15(21)13-9-22-12(3)17-13/h9,11H,4-8,10H2,1-3H3. The summed E-state index contributed by atoms with van der Waals surface area (Å²) in [6, 6.07) is 0. The smallest absolute Gasteiger partial charge is 0.273 e. The molecule has 2 aliphatic heterocycles. The summed E-state index contributed by atoms with van der Waals surface area (Å²) in [5.41, 5.74) is 0.418. The van der Waals surface area contributed by atoms with Gasteiger partial charge in [0.1, 0.15) is 5.69 Å². The van der Waals surface area contributed by atoms with Crippen molar-refractivity contribution in [3.63, 3.8) is 0 Å². The second-order valence-corrected chi connectivity index (χ2v) is 7.76. The first-order chi connectivity index (χ1) is 10.4. The quantitative estimate of drug-likeness (QED) is 0.840. The molecule has 3 heterocycles. The van der Waals surface area contributed by atoms with Crippen molar-refractivity contribution in [2.45, 2.75) is 45.6 Å². The highest BCUT2D eigenvalue weighted by molar-refractivity contribution is 7.09. The molecular formula is C16H23N3O2S. The van der Waals surface area contributed by atoms with E-state index >= 15 is 0 Å². The summed E-state index contributed by atoms with van der Waals surface area (Å²) >= 11 is 1.50. The van der Waals surface area contributed by atoms with Gasteiger partial charge in [-0.3, -0.25) is 9.59 Å². The van der Waals surface area contributed by atoms with Gasteiger partial charge < -0.3 is 9.80 Å². The number of carbonyl (C=O) groups excluding carboxylic acids is 2. The third kappa shape index (κ3) is 2.53. The number of hydrogen-bond donors (Lipinski definition) is 0. The normalized spacial score (nSPS) is 24.7. The monoisotopic (exact) mass is 321 g/mol.